The highest BCUT2D eigenvalue weighted by atomic mass is 19.4. The molecule has 9 heteroatoms. The molecule has 0 fully saturated rings. The van der Waals surface area contributed by atoms with Crippen LogP contribution in [0.25, 0.3) is 0 Å². The molecule has 0 atom stereocenters. The van der Waals surface area contributed by atoms with Gasteiger partial charge in [-0.3, -0.25) is 14.4 Å². The molecule has 1 aromatic heterocycles. The summed E-state index contributed by atoms with van der Waals surface area (Å²) < 4.78 is 41.9. The first-order valence-electron chi connectivity index (χ1n) is 10.8. The number of aliphatic hydroxyl groups excluding tert-OH is 1. The lowest BCUT2D eigenvalue weighted by atomic mass is 10.0. The SMILES string of the molecule is O=C(NCc1ccccc1)c1nn(CCO)c2c1CN(Cc1ccccc1C(F)(F)F)CC2. The highest BCUT2D eigenvalue weighted by Crippen LogP contribution is 2.33. The second-order valence-corrected chi connectivity index (χ2v) is 8.00. The van der Waals surface area contributed by atoms with Crippen LogP contribution in [0.3, 0.4) is 0 Å². The van der Waals surface area contributed by atoms with Crippen LogP contribution >= 0.6 is 0 Å². The molecule has 0 saturated heterocycles. The van der Waals surface area contributed by atoms with Crippen LogP contribution < -0.4 is 5.32 Å². The Labute approximate surface area is 189 Å². The van der Waals surface area contributed by atoms with Crippen molar-refractivity contribution in [2.45, 2.75) is 38.8 Å². The molecule has 4 rings (SSSR count). The van der Waals surface area contributed by atoms with Gasteiger partial charge < -0.3 is 10.4 Å². The maximum atomic E-state index is 13.4. The van der Waals surface area contributed by atoms with Crippen LogP contribution in [-0.4, -0.2) is 38.8 Å². The van der Waals surface area contributed by atoms with Crippen LogP contribution in [0.5, 0.6) is 0 Å². The fourth-order valence-corrected chi connectivity index (χ4v) is 4.18. The highest BCUT2D eigenvalue weighted by Gasteiger charge is 2.34. The number of carbonyl (C=O) groups excluding carboxylic acids is 1. The van der Waals surface area contributed by atoms with E-state index in [-0.39, 0.29) is 36.9 Å². The fourth-order valence-electron chi connectivity index (χ4n) is 4.18. The van der Waals surface area contributed by atoms with E-state index in [9.17, 15) is 23.1 Å². The van der Waals surface area contributed by atoms with Crippen LogP contribution in [0.15, 0.2) is 54.6 Å². The van der Waals surface area contributed by atoms with Crippen LogP contribution in [0.2, 0.25) is 0 Å². The maximum Gasteiger partial charge on any atom is 0.416 e. The van der Waals surface area contributed by atoms with Crippen molar-refractivity contribution < 1.29 is 23.1 Å². The molecule has 33 heavy (non-hydrogen) atoms. The minimum Gasteiger partial charge on any atom is -0.394 e. The number of rotatable bonds is 7. The number of benzene rings is 2. The molecule has 2 aromatic carbocycles. The molecule has 0 saturated carbocycles. The predicted octanol–water partition coefficient (Wildman–Crippen LogP) is 3.38. The standard InChI is InChI=1S/C24H25F3N4O2/c25-24(26,27)20-9-5-4-8-18(20)15-30-11-10-21-19(16-30)22(29-31(21)12-13-32)23(33)28-14-17-6-2-1-3-7-17/h1-9,32H,10-16H2,(H,28,33). The summed E-state index contributed by atoms with van der Waals surface area (Å²) in [5.74, 6) is -0.343. The van der Waals surface area contributed by atoms with Crippen molar-refractivity contribution in [3.05, 3.63) is 88.2 Å². The molecule has 0 radical (unpaired) electrons. The Morgan fingerprint density at radius 3 is 2.55 bits per heavy atom. The van der Waals surface area contributed by atoms with Gasteiger partial charge in [0.15, 0.2) is 5.69 Å². The molecular weight excluding hydrogens is 433 g/mol. The minimum absolute atomic E-state index is 0.116. The van der Waals surface area contributed by atoms with Gasteiger partial charge in [-0.05, 0) is 17.2 Å². The first-order chi connectivity index (χ1) is 15.9. The fraction of sp³-hybridized carbons (Fsp3) is 0.333. The molecule has 174 valence electrons. The van der Waals surface area contributed by atoms with E-state index in [4.69, 9.17) is 0 Å². The van der Waals surface area contributed by atoms with Gasteiger partial charge in [-0.1, -0.05) is 48.5 Å². The minimum atomic E-state index is -4.42. The van der Waals surface area contributed by atoms with Gasteiger partial charge in [0.25, 0.3) is 5.91 Å². The number of hydrogen-bond acceptors (Lipinski definition) is 4. The average Bonchev–Trinajstić information content (AvgIpc) is 3.16. The summed E-state index contributed by atoms with van der Waals surface area (Å²) in [6.07, 6.45) is -3.89. The van der Waals surface area contributed by atoms with Gasteiger partial charge in [0.2, 0.25) is 0 Å². The normalized spacial score (nSPS) is 14.2. The zero-order valence-electron chi connectivity index (χ0n) is 18.0. The quantitative estimate of drug-likeness (QED) is 0.570. The molecule has 0 aliphatic carbocycles. The van der Waals surface area contributed by atoms with Crippen LogP contribution in [-0.2, 0) is 38.8 Å². The number of nitrogens with one attached hydrogen (secondary N) is 1. The summed E-state index contributed by atoms with van der Waals surface area (Å²) in [5.41, 5.74) is 2.29. The van der Waals surface area contributed by atoms with E-state index in [1.165, 1.54) is 12.1 Å². The number of halogens is 3. The van der Waals surface area contributed by atoms with Gasteiger partial charge in [-0.25, -0.2) is 0 Å². The van der Waals surface area contributed by atoms with E-state index in [1.807, 2.05) is 35.2 Å². The van der Waals surface area contributed by atoms with Gasteiger partial charge in [-0.2, -0.15) is 18.3 Å². The lowest BCUT2D eigenvalue weighted by molar-refractivity contribution is -0.138. The summed E-state index contributed by atoms with van der Waals surface area (Å²) in [7, 11) is 0. The third kappa shape index (κ3) is 5.26. The first-order valence-corrected chi connectivity index (χ1v) is 10.8. The van der Waals surface area contributed by atoms with Crippen molar-refractivity contribution >= 4 is 5.91 Å². The summed E-state index contributed by atoms with van der Waals surface area (Å²) in [6.45, 7) is 1.42. The molecule has 0 spiro atoms. The zero-order valence-corrected chi connectivity index (χ0v) is 18.0. The number of nitrogens with zero attached hydrogens (tertiary/aromatic N) is 3. The largest absolute Gasteiger partial charge is 0.416 e. The van der Waals surface area contributed by atoms with Gasteiger partial charge in [-0.15, -0.1) is 0 Å². The van der Waals surface area contributed by atoms with Crippen LogP contribution in [0.1, 0.15) is 38.4 Å². The van der Waals surface area contributed by atoms with Gasteiger partial charge in [0.05, 0.1) is 18.7 Å². The third-order valence-corrected chi connectivity index (χ3v) is 5.75. The molecule has 2 heterocycles. The first kappa shape index (κ1) is 23.0. The maximum absolute atomic E-state index is 13.4. The van der Waals surface area contributed by atoms with E-state index in [2.05, 4.69) is 10.4 Å². The Hall–Kier alpha value is -3.17. The van der Waals surface area contributed by atoms with Crippen LogP contribution in [0.4, 0.5) is 13.2 Å². The molecular formula is C24H25F3N4O2. The Morgan fingerprint density at radius 2 is 1.82 bits per heavy atom. The Kier molecular flexibility index (Phi) is 6.80. The van der Waals surface area contributed by atoms with Crippen molar-refractivity contribution in [2.75, 3.05) is 13.2 Å². The monoisotopic (exact) mass is 458 g/mol. The van der Waals surface area contributed by atoms with Gasteiger partial charge in [0, 0.05) is 43.9 Å². The number of fused-ring (bicyclic) bond motifs is 1. The van der Waals surface area contributed by atoms with E-state index >= 15 is 0 Å². The van der Waals surface area contributed by atoms with Crippen molar-refractivity contribution in [1.29, 1.82) is 0 Å². The molecule has 0 unspecified atom stereocenters. The molecule has 3 aromatic rings. The van der Waals surface area contributed by atoms with E-state index in [1.54, 1.807) is 10.7 Å². The van der Waals surface area contributed by atoms with E-state index in [0.29, 0.717) is 31.6 Å². The summed E-state index contributed by atoms with van der Waals surface area (Å²) >= 11 is 0. The smallest absolute Gasteiger partial charge is 0.394 e. The second-order valence-electron chi connectivity index (χ2n) is 8.00. The van der Waals surface area contributed by atoms with Crippen molar-refractivity contribution in [2.24, 2.45) is 0 Å². The third-order valence-electron chi connectivity index (χ3n) is 5.75. The van der Waals surface area contributed by atoms with E-state index in [0.717, 1.165) is 17.3 Å². The van der Waals surface area contributed by atoms with Gasteiger partial charge in [0.1, 0.15) is 0 Å². The molecule has 1 aliphatic heterocycles. The number of aromatic nitrogens is 2. The van der Waals surface area contributed by atoms with Gasteiger partial charge >= 0.3 is 6.18 Å². The lowest BCUT2D eigenvalue weighted by Crippen LogP contribution is -2.33. The predicted molar refractivity (Wildman–Crippen MR) is 116 cm³/mol. The van der Waals surface area contributed by atoms with Crippen molar-refractivity contribution in [3.63, 3.8) is 0 Å². The zero-order chi connectivity index (χ0) is 23.4. The highest BCUT2D eigenvalue weighted by molar-refractivity contribution is 5.94. The number of amides is 1. The van der Waals surface area contributed by atoms with Crippen molar-refractivity contribution in [3.8, 4) is 0 Å². The van der Waals surface area contributed by atoms with Crippen LogP contribution in [0, 0.1) is 0 Å². The molecule has 1 aliphatic rings. The summed E-state index contributed by atoms with van der Waals surface area (Å²) in [6, 6.07) is 15.0. The number of hydrogen-bond donors (Lipinski definition) is 2. The number of alkyl halides is 3. The Morgan fingerprint density at radius 1 is 1.09 bits per heavy atom. The Balaban J connectivity index is 1.55. The van der Waals surface area contributed by atoms with Crippen molar-refractivity contribution in [1.82, 2.24) is 20.0 Å². The average molecular weight is 458 g/mol. The second kappa shape index (κ2) is 9.76. The number of aliphatic hydroxyl groups is 1. The Bertz CT molecular complexity index is 1110. The summed E-state index contributed by atoms with van der Waals surface area (Å²) in [4.78, 5) is 14.8. The number of carbonyl (C=O) groups is 1. The van der Waals surface area contributed by atoms with E-state index < -0.39 is 11.7 Å². The molecule has 2 N–H and O–H groups in total. The summed E-state index contributed by atoms with van der Waals surface area (Å²) in [5, 5.41) is 16.7. The molecule has 1 amide bonds. The molecule has 6 nitrogen and oxygen atoms in total. The topological polar surface area (TPSA) is 70.4 Å². The lowest BCUT2D eigenvalue weighted by Gasteiger charge is -2.28. The molecule has 0 bridgehead atoms.